The second-order valence-corrected chi connectivity index (χ2v) is 3.64. The van der Waals surface area contributed by atoms with E-state index < -0.39 is 0 Å². The Kier molecular flexibility index (Phi) is 3.18. The van der Waals surface area contributed by atoms with Crippen LogP contribution in [0.1, 0.15) is 22.0 Å². The van der Waals surface area contributed by atoms with Crippen molar-refractivity contribution in [1.29, 1.82) is 0 Å². The molecule has 0 aliphatic rings. The Balaban J connectivity index is 2.18. The van der Waals surface area contributed by atoms with E-state index in [9.17, 15) is 4.79 Å². The minimum atomic E-state index is 0.219. The second kappa shape index (κ2) is 4.78. The van der Waals surface area contributed by atoms with E-state index in [4.69, 9.17) is 4.74 Å². The van der Waals surface area contributed by atoms with Gasteiger partial charge in [0, 0.05) is 0 Å². The minimum Gasteiger partial charge on any atom is -0.497 e. The van der Waals surface area contributed by atoms with Crippen LogP contribution >= 0.6 is 0 Å². The molecule has 1 aromatic heterocycles. The normalized spacial score (nSPS) is 10.2. The summed E-state index contributed by atoms with van der Waals surface area (Å²) in [5, 5.41) is 4.07. The molecule has 88 valence electrons. The largest absolute Gasteiger partial charge is 0.497 e. The molecule has 0 saturated carbocycles. The molecule has 1 heterocycles. The summed E-state index contributed by atoms with van der Waals surface area (Å²) in [5.74, 6) is 1.76. The molecule has 2 rings (SSSR count). The van der Waals surface area contributed by atoms with Crippen molar-refractivity contribution in [2.24, 2.45) is 0 Å². The number of hydrogen-bond donors (Lipinski definition) is 0. The summed E-state index contributed by atoms with van der Waals surface area (Å²) in [6.45, 7) is 2.42. The number of rotatable bonds is 4. The Hall–Kier alpha value is -2.17. The first-order valence-corrected chi connectivity index (χ1v) is 5.22. The number of aromatic nitrogens is 3. The fourth-order valence-corrected chi connectivity index (χ4v) is 1.55. The Morgan fingerprint density at radius 1 is 1.35 bits per heavy atom. The van der Waals surface area contributed by atoms with E-state index >= 15 is 0 Å². The highest BCUT2D eigenvalue weighted by Gasteiger charge is 2.05. The SMILES string of the molecule is COc1ccc(Cn2nc(C=O)nc2C)cc1. The van der Waals surface area contributed by atoms with Gasteiger partial charge in [0.1, 0.15) is 11.6 Å². The van der Waals surface area contributed by atoms with Crippen molar-refractivity contribution in [3.05, 3.63) is 41.5 Å². The average molecular weight is 231 g/mol. The highest BCUT2D eigenvalue weighted by molar-refractivity contribution is 5.68. The van der Waals surface area contributed by atoms with Gasteiger partial charge in [-0.3, -0.25) is 4.79 Å². The fourth-order valence-electron chi connectivity index (χ4n) is 1.55. The van der Waals surface area contributed by atoms with Gasteiger partial charge in [0.25, 0.3) is 0 Å². The summed E-state index contributed by atoms with van der Waals surface area (Å²) in [6, 6.07) is 7.70. The van der Waals surface area contributed by atoms with Crippen LogP contribution in [0.3, 0.4) is 0 Å². The van der Waals surface area contributed by atoms with Crippen LogP contribution < -0.4 is 4.74 Å². The van der Waals surface area contributed by atoms with Crippen molar-refractivity contribution in [2.75, 3.05) is 7.11 Å². The molecule has 17 heavy (non-hydrogen) atoms. The first-order valence-electron chi connectivity index (χ1n) is 5.22. The maximum Gasteiger partial charge on any atom is 0.214 e. The number of methoxy groups -OCH3 is 1. The molecule has 0 saturated heterocycles. The quantitative estimate of drug-likeness (QED) is 0.747. The molecule has 0 radical (unpaired) electrons. The molecule has 0 atom stereocenters. The lowest BCUT2D eigenvalue weighted by Gasteiger charge is -2.04. The number of aryl methyl sites for hydroxylation is 1. The Bertz CT molecular complexity index is 517. The number of nitrogens with zero attached hydrogens (tertiary/aromatic N) is 3. The lowest BCUT2D eigenvalue weighted by molar-refractivity contribution is 0.111. The monoisotopic (exact) mass is 231 g/mol. The lowest BCUT2D eigenvalue weighted by Crippen LogP contribution is -2.04. The van der Waals surface area contributed by atoms with E-state index in [1.165, 1.54) is 0 Å². The van der Waals surface area contributed by atoms with Crippen LogP contribution in [0.25, 0.3) is 0 Å². The Labute approximate surface area is 99.1 Å². The molecule has 0 fully saturated rings. The van der Waals surface area contributed by atoms with E-state index in [-0.39, 0.29) is 5.82 Å². The van der Waals surface area contributed by atoms with Gasteiger partial charge in [0.15, 0.2) is 6.29 Å². The molecule has 0 N–H and O–H groups in total. The molecule has 0 spiro atoms. The van der Waals surface area contributed by atoms with Gasteiger partial charge >= 0.3 is 0 Å². The van der Waals surface area contributed by atoms with Crippen LogP contribution in [-0.2, 0) is 6.54 Å². The van der Waals surface area contributed by atoms with Crippen LogP contribution in [0.2, 0.25) is 0 Å². The van der Waals surface area contributed by atoms with Crippen LogP contribution in [0.15, 0.2) is 24.3 Å². The Morgan fingerprint density at radius 3 is 2.59 bits per heavy atom. The highest BCUT2D eigenvalue weighted by atomic mass is 16.5. The topological polar surface area (TPSA) is 57.0 Å². The molecular formula is C12H13N3O2. The van der Waals surface area contributed by atoms with Gasteiger partial charge in [-0.25, -0.2) is 9.67 Å². The maximum atomic E-state index is 10.6. The molecular weight excluding hydrogens is 218 g/mol. The third-order valence-corrected chi connectivity index (χ3v) is 2.47. The third kappa shape index (κ3) is 2.50. The summed E-state index contributed by atoms with van der Waals surface area (Å²) in [6.07, 6.45) is 0.650. The number of carbonyl (C=O) groups is 1. The zero-order chi connectivity index (χ0) is 12.3. The highest BCUT2D eigenvalue weighted by Crippen LogP contribution is 2.12. The predicted octanol–water partition coefficient (Wildman–Crippen LogP) is 1.46. The summed E-state index contributed by atoms with van der Waals surface area (Å²) >= 11 is 0. The van der Waals surface area contributed by atoms with Gasteiger partial charge in [-0.15, -0.1) is 5.10 Å². The van der Waals surface area contributed by atoms with E-state index in [0.29, 0.717) is 12.8 Å². The molecule has 5 heteroatoms. The van der Waals surface area contributed by atoms with Gasteiger partial charge in [0.2, 0.25) is 5.82 Å². The smallest absolute Gasteiger partial charge is 0.214 e. The Morgan fingerprint density at radius 2 is 2.06 bits per heavy atom. The zero-order valence-electron chi connectivity index (χ0n) is 9.75. The predicted molar refractivity (Wildman–Crippen MR) is 62.2 cm³/mol. The number of aldehydes is 1. The van der Waals surface area contributed by atoms with Gasteiger partial charge in [-0.05, 0) is 24.6 Å². The summed E-state index contributed by atoms with van der Waals surface area (Å²) in [4.78, 5) is 14.6. The molecule has 0 aliphatic carbocycles. The first-order chi connectivity index (χ1) is 8.22. The van der Waals surface area contributed by atoms with Crippen LogP contribution in [0.4, 0.5) is 0 Å². The molecule has 0 aliphatic heterocycles. The van der Waals surface area contributed by atoms with Crippen molar-refractivity contribution in [2.45, 2.75) is 13.5 Å². The number of ether oxygens (including phenoxy) is 1. The summed E-state index contributed by atoms with van der Waals surface area (Å²) in [7, 11) is 1.63. The molecule has 0 amide bonds. The molecule has 5 nitrogen and oxygen atoms in total. The maximum absolute atomic E-state index is 10.6. The molecule has 2 aromatic rings. The number of benzene rings is 1. The second-order valence-electron chi connectivity index (χ2n) is 3.64. The van der Waals surface area contributed by atoms with Gasteiger partial charge in [-0.1, -0.05) is 12.1 Å². The van der Waals surface area contributed by atoms with Crippen LogP contribution in [0, 0.1) is 6.92 Å². The van der Waals surface area contributed by atoms with Crippen molar-refractivity contribution in [3.63, 3.8) is 0 Å². The number of carbonyl (C=O) groups excluding carboxylic acids is 1. The summed E-state index contributed by atoms with van der Waals surface area (Å²) in [5.41, 5.74) is 1.08. The summed E-state index contributed by atoms with van der Waals surface area (Å²) < 4.78 is 6.78. The van der Waals surface area contributed by atoms with E-state index in [0.717, 1.165) is 17.1 Å². The van der Waals surface area contributed by atoms with Crippen molar-refractivity contribution >= 4 is 6.29 Å². The van der Waals surface area contributed by atoms with E-state index in [1.807, 2.05) is 31.2 Å². The van der Waals surface area contributed by atoms with Gasteiger partial charge < -0.3 is 4.74 Å². The fraction of sp³-hybridized carbons (Fsp3) is 0.250. The van der Waals surface area contributed by atoms with E-state index in [1.54, 1.807) is 11.8 Å². The number of hydrogen-bond acceptors (Lipinski definition) is 4. The molecule has 0 bridgehead atoms. The third-order valence-electron chi connectivity index (χ3n) is 2.47. The average Bonchev–Trinajstić information content (AvgIpc) is 2.71. The van der Waals surface area contributed by atoms with Crippen molar-refractivity contribution < 1.29 is 9.53 Å². The van der Waals surface area contributed by atoms with Crippen LogP contribution in [0.5, 0.6) is 5.75 Å². The lowest BCUT2D eigenvalue weighted by atomic mass is 10.2. The van der Waals surface area contributed by atoms with Crippen molar-refractivity contribution in [3.8, 4) is 5.75 Å². The van der Waals surface area contributed by atoms with E-state index in [2.05, 4.69) is 10.1 Å². The van der Waals surface area contributed by atoms with Crippen molar-refractivity contribution in [1.82, 2.24) is 14.8 Å². The van der Waals surface area contributed by atoms with Crippen LogP contribution in [-0.4, -0.2) is 28.2 Å². The van der Waals surface area contributed by atoms with Gasteiger partial charge in [-0.2, -0.15) is 0 Å². The molecule has 0 unspecified atom stereocenters. The molecule has 1 aromatic carbocycles. The minimum absolute atomic E-state index is 0.219. The van der Waals surface area contributed by atoms with Gasteiger partial charge in [0.05, 0.1) is 13.7 Å². The zero-order valence-corrected chi connectivity index (χ0v) is 9.75. The first kappa shape index (κ1) is 11.3. The standard InChI is InChI=1S/C12H13N3O2/c1-9-13-12(8-16)14-15(9)7-10-3-5-11(17-2)6-4-10/h3-6,8H,7H2,1-2H3.